The summed E-state index contributed by atoms with van der Waals surface area (Å²) in [7, 11) is 0. The number of ether oxygens (including phenoxy) is 1. The number of pyridine rings is 2. The van der Waals surface area contributed by atoms with E-state index < -0.39 is 0 Å². The van der Waals surface area contributed by atoms with Crippen molar-refractivity contribution in [2.45, 2.75) is 31.5 Å². The molecular formula is C25H26N6O3. The number of carbonyl (C=O) groups is 2. The maximum absolute atomic E-state index is 12.7. The van der Waals surface area contributed by atoms with Gasteiger partial charge < -0.3 is 25.6 Å². The van der Waals surface area contributed by atoms with Crippen LogP contribution in [0.2, 0.25) is 0 Å². The van der Waals surface area contributed by atoms with E-state index in [2.05, 4.69) is 20.2 Å². The molecule has 0 saturated carbocycles. The van der Waals surface area contributed by atoms with Crippen LogP contribution in [0.5, 0.6) is 0 Å². The van der Waals surface area contributed by atoms with Crippen LogP contribution in [0.25, 0.3) is 0 Å². The van der Waals surface area contributed by atoms with Crippen LogP contribution in [0, 0.1) is 0 Å². The van der Waals surface area contributed by atoms with Crippen LogP contribution in [0.4, 0.5) is 22.0 Å². The number of nitrogen functional groups attached to an aromatic ring is 1. The average Bonchev–Trinajstić information content (AvgIpc) is 2.89. The molecule has 3 aliphatic rings. The van der Waals surface area contributed by atoms with Gasteiger partial charge in [-0.3, -0.25) is 9.78 Å². The highest BCUT2D eigenvalue weighted by molar-refractivity contribution is 6.05. The first-order valence-electron chi connectivity index (χ1n) is 11.3. The summed E-state index contributed by atoms with van der Waals surface area (Å²) in [6.07, 6.45) is 6.58. The molecule has 0 spiro atoms. The first-order chi connectivity index (χ1) is 16.6. The van der Waals surface area contributed by atoms with E-state index in [1.165, 1.54) is 0 Å². The second kappa shape index (κ2) is 9.38. The van der Waals surface area contributed by atoms with Gasteiger partial charge in [-0.05, 0) is 43.2 Å². The Kier molecular flexibility index (Phi) is 5.99. The number of carbonyl (C=O) groups excluding carboxylic acids is 2. The number of anilines is 3. The summed E-state index contributed by atoms with van der Waals surface area (Å²) in [5, 5.41) is 2.81. The van der Waals surface area contributed by atoms with Gasteiger partial charge in [0.2, 0.25) is 0 Å². The molecule has 3 N–H and O–H groups in total. The lowest BCUT2D eigenvalue weighted by atomic mass is 9.91. The molecule has 34 heavy (non-hydrogen) atoms. The molecule has 0 unspecified atom stereocenters. The van der Waals surface area contributed by atoms with E-state index in [1.807, 2.05) is 35.2 Å². The molecule has 6 rings (SSSR count). The molecule has 3 aromatic rings. The standard InChI is InChI=1S/C25H26N6O3/c26-21-5-1-2-6-22(21)29-24(32)18-7-10-23(28-13-18)30-14-20-9-8-19(30)15-31(20)25(33)34-16-17-4-3-11-27-12-17/h1-7,10-13,19-20H,8-9,14-16,26H2,(H,29,32)/t19-,20-/m0/s1. The van der Waals surface area contributed by atoms with Gasteiger partial charge in [0.1, 0.15) is 12.4 Å². The minimum Gasteiger partial charge on any atom is -0.444 e. The number of nitrogens with zero attached hydrogens (tertiary/aromatic N) is 4. The molecule has 3 saturated heterocycles. The predicted octanol–water partition coefficient (Wildman–Crippen LogP) is 3.30. The molecule has 1 aromatic carbocycles. The number of amides is 2. The highest BCUT2D eigenvalue weighted by atomic mass is 16.6. The van der Waals surface area contributed by atoms with E-state index in [9.17, 15) is 9.59 Å². The number of aromatic nitrogens is 2. The Bertz CT molecular complexity index is 1170. The summed E-state index contributed by atoms with van der Waals surface area (Å²) >= 11 is 0. The first-order valence-corrected chi connectivity index (χ1v) is 11.3. The second-order valence-corrected chi connectivity index (χ2v) is 8.55. The maximum Gasteiger partial charge on any atom is 0.410 e. The summed E-state index contributed by atoms with van der Waals surface area (Å²) in [5.41, 5.74) is 8.30. The number of para-hydroxylation sites is 2. The zero-order valence-corrected chi connectivity index (χ0v) is 18.6. The Morgan fingerprint density at radius 2 is 1.88 bits per heavy atom. The lowest BCUT2D eigenvalue weighted by Gasteiger charge is -2.51. The fourth-order valence-corrected chi connectivity index (χ4v) is 4.54. The fourth-order valence-electron chi connectivity index (χ4n) is 4.54. The van der Waals surface area contributed by atoms with Gasteiger partial charge in [-0.25, -0.2) is 9.78 Å². The normalized spacial score (nSPS) is 19.1. The van der Waals surface area contributed by atoms with Crippen LogP contribution in [0.15, 0.2) is 67.1 Å². The molecule has 2 atom stereocenters. The van der Waals surface area contributed by atoms with Crippen LogP contribution < -0.4 is 16.0 Å². The van der Waals surface area contributed by atoms with E-state index in [0.717, 1.165) is 24.2 Å². The average molecular weight is 459 g/mol. The Morgan fingerprint density at radius 3 is 2.59 bits per heavy atom. The van der Waals surface area contributed by atoms with Crippen LogP contribution in [-0.2, 0) is 11.3 Å². The van der Waals surface area contributed by atoms with Crippen molar-refractivity contribution in [3.05, 3.63) is 78.2 Å². The third-order valence-electron chi connectivity index (χ3n) is 6.36. The van der Waals surface area contributed by atoms with Crippen molar-refractivity contribution < 1.29 is 14.3 Å². The van der Waals surface area contributed by atoms with Crippen molar-refractivity contribution in [3.63, 3.8) is 0 Å². The summed E-state index contributed by atoms with van der Waals surface area (Å²) < 4.78 is 5.52. The van der Waals surface area contributed by atoms with Gasteiger partial charge in [-0.1, -0.05) is 18.2 Å². The van der Waals surface area contributed by atoms with Crippen LogP contribution in [0.3, 0.4) is 0 Å². The Labute approximate surface area is 197 Å². The number of nitrogens with two attached hydrogens (primary N) is 1. The monoisotopic (exact) mass is 458 g/mol. The molecule has 0 radical (unpaired) electrons. The fraction of sp³-hybridized carbons (Fsp3) is 0.280. The first kappa shape index (κ1) is 21.7. The molecule has 0 aliphatic carbocycles. The van der Waals surface area contributed by atoms with E-state index in [4.69, 9.17) is 10.5 Å². The van der Waals surface area contributed by atoms with Crippen LogP contribution in [-0.4, -0.2) is 52.0 Å². The Hall–Kier alpha value is -4.14. The number of hydrogen-bond donors (Lipinski definition) is 2. The number of hydrogen-bond acceptors (Lipinski definition) is 7. The van der Waals surface area contributed by atoms with Crippen molar-refractivity contribution in [1.82, 2.24) is 14.9 Å². The van der Waals surface area contributed by atoms with Crippen molar-refractivity contribution >= 4 is 29.2 Å². The summed E-state index contributed by atoms with van der Waals surface area (Å²) in [5.74, 6) is 0.536. The molecule has 3 fully saturated rings. The minimum atomic E-state index is -0.293. The van der Waals surface area contributed by atoms with Crippen molar-refractivity contribution in [3.8, 4) is 0 Å². The third kappa shape index (κ3) is 4.50. The second-order valence-electron chi connectivity index (χ2n) is 8.55. The number of piperidine rings is 2. The lowest BCUT2D eigenvalue weighted by molar-refractivity contribution is 0.0500. The van der Waals surface area contributed by atoms with E-state index in [0.29, 0.717) is 30.0 Å². The number of rotatable bonds is 5. The quantitative estimate of drug-likeness (QED) is 0.564. The third-order valence-corrected chi connectivity index (χ3v) is 6.36. The van der Waals surface area contributed by atoms with Gasteiger partial charge in [0.15, 0.2) is 0 Å². The molecule has 5 heterocycles. The van der Waals surface area contributed by atoms with E-state index in [1.54, 1.807) is 36.8 Å². The molecular weight excluding hydrogens is 432 g/mol. The zero-order valence-electron chi connectivity index (χ0n) is 18.6. The van der Waals surface area contributed by atoms with Gasteiger partial charge in [0.05, 0.1) is 23.0 Å². The number of benzene rings is 1. The summed E-state index contributed by atoms with van der Waals surface area (Å²) in [6.45, 7) is 1.49. The van der Waals surface area contributed by atoms with Crippen LogP contribution in [0.1, 0.15) is 28.8 Å². The molecule has 2 bridgehead atoms. The van der Waals surface area contributed by atoms with E-state index >= 15 is 0 Å². The van der Waals surface area contributed by atoms with Crippen molar-refractivity contribution in [2.75, 3.05) is 29.0 Å². The van der Waals surface area contributed by atoms with Crippen molar-refractivity contribution in [2.24, 2.45) is 0 Å². The van der Waals surface area contributed by atoms with Gasteiger partial charge >= 0.3 is 6.09 Å². The number of nitrogens with one attached hydrogen (secondary N) is 1. The molecule has 174 valence electrons. The minimum absolute atomic E-state index is 0.0669. The largest absolute Gasteiger partial charge is 0.444 e. The molecule has 2 amide bonds. The zero-order chi connectivity index (χ0) is 23.5. The molecule has 9 heteroatoms. The Balaban J connectivity index is 1.20. The topological polar surface area (TPSA) is 114 Å². The van der Waals surface area contributed by atoms with Crippen molar-refractivity contribution in [1.29, 1.82) is 0 Å². The van der Waals surface area contributed by atoms with Gasteiger partial charge in [-0.2, -0.15) is 0 Å². The number of piperazine rings is 1. The molecule has 9 nitrogen and oxygen atoms in total. The van der Waals surface area contributed by atoms with Gasteiger partial charge in [0, 0.05) is 43.3 Å². The SMILES string of the molecule is Nc1ccccc1NC(=O)c1ccc(N2C[C@@H]3CC[C@H]2CN3C(=O)OCc2cccnc2)nc1. The maximum atomic E-state index is 12.7. The number of fused-ring (bicyclic) bond motifs is 3. The van der Waals surface area contributed by atoms with Gasteiger partial charge in [0.25, 0.3) is 5.91 Å². The predicted molar refractivity (Wildman–Crippen MR) is 128 cm³/mol. The van der Waals surface area contributed by atoms with Gasteiger partial charge in [-0.15, -0.1) is 0 Å². The van der Waals surface area contributed by atoms with E-state index in [-0.39, 0.29) is 30.7 Å². The molecule has 3 aliphatic heterocycles. The highest BCUT2D eigenvalue weighted by Gasteiger charge is 2.42. The van der Waals surface area contributed by atoms with Crippen LogP contribution >= 0.6 is 0 Å². The summed E-state index contributed by atoms with van der Waals surface area (Å²) in [6, 6.07) is 14.7. The highest BCUT2D eigenvalue weighted by Crippen LogP contribution is 2.32. The lowest BCUT2D eigenvalue weighted by Crippen LogP contribution is -2.64. The summed E-state index contributed by atoms with van der Waals surface area (Å²) in [4.78, 5) is 37.9. The smallest absolute Gasteiger partial charge is 0.410 e. The molecule has 2 aromatic heterocycles. The Morgan fingerprint density at radius 1 is 1.03 bits per heavy atom.